The maximum atomic E-state index is 11.7. The van der Waals surface area contributed by atoms with Gasteiger partial charge in [-0.1, -0.05) is 36.8 Å². The maximum absolute atomic E-state index is 11.7. The van der Waals surface area contributed by atoms with Gasteiger partial charge in [-0.3, -0.25) is 4.79 Å². The van der Waals surface area contributed by atoms with Gasteiger partial charge in [-0.05, 0) is 42.6 Å². The zero-order chi connectivity index (χ0) is 13.1. The van der Waals surface area contributed by atoms with E-state index in [4.69, 9.17) is 0 Å². The molecule has 3 atom stereocenters. The predicted molar refractivity (Wildman–Crippen MR) is 75.7 cm³/mol. The standard InChI is InChI=1S/C16H20N2O/c19-16(10-12-4-2-1-3-5-12)18-17-11-15-9-13-6-7-14(15)8-13/h1-5,11,13-15H,6-10H2,(H,18,19)/b17-11-/t13-,14+,15-/m0/s1. The lowest BCUT2D eigenvalue weighted by Crippen LogP contribution is -2.21. The van der Waals surface area contributed by atoms with Crippen molar-refractivity contribution in [3.05, 3.63) is 35.9 Å². The second kappa shape index (κ2) is 5.55. The van der Waals surface area contributed by atoms with Gasteiger partial charge in [0.25, 0.3) is 0 Å². The van der Waals surface area contributed by atoms with Gasteiger partial charge in [-0.15, -0.1) is 0 Å². The topological polar surface area (TPSA) is 41.5 Å². The summed E-state index contributed by atoms with van der Waals surface area (Å²) in [5, 5.41) is 4.14. The number of nitrogens with one attached hydrogen (secondary N) is 1. The molecular formula is C16H20N2O. The van der Waals surface area contributed by atoms with Gasteiger partial charge >= 0.3 is 0 Å². The van der Waals surface area contributed by atoms with E-state index in [9.17, 15) is 4.79 Å². The van der Waals surface area contributed by atoms with Crippen LogP contribution in [-0.2, 0) is 11.2 Å². The van der Waals surface area contributed by atoms with Crippen LogP contribution in [0.3, 0.4) is 0 Å². The van der Waals surface area contributed by atoms with E-state index >= 15 is 0 Å². The third-order valence-corrected chi connectivity index (χ3v) is 4.46. The Morgan fingerprint density at radius 1 is 1.26 bits per heavy atom. The van der Waals surface area contributed by atoms with Crippen LogP contribution in [0.15, 0.2) is 35.4 Å². The highest BCUT2D eigenvalue weighted by Crippen LogP contribution is 2.47. The number of amides is 1. The van der Waals surface area contributed by atoms with E-state index in [1.54, 1.807) is 0 Å². The fourth-order valence-electron chi connectivity index (χ4n) is 3.50. The van der Waals surface area contributed by atoms with Crippen LogP contribution in [0.5, 0.6) is 0 Å². The number of hydrogen-bond acceptors (Lipinski definition) is 2. The Balaban J connectivity index is 1.46. The number of hydrogen-bond donors (Lipinski definition) is 1. The second-order valence-corrected chi connectivity index (χ2v) is 5.81. The highest BCUT2D eigenvalue weighted by Gasteiger charge is 2.38. The molecule has 0 heterocycles. The molecule has 0 spiro atoms. The molecule has 3 heteroatoms. The van der Waals surface area contributed by atoms with E-state index < -0.39 is 0 Å². The van der Waals surface area contributed by atoms with Crippen molar-refractivity contribution in [2.75, 3.05) is 0 Å². The van der Waals surface area contributed by atoms with E-state index in [-0.39, 0.29) is 5.91 Å². The van der Waals surface area contributed by atoms with Crippen molar-refractivity contribution < 1.29 is 4.79 Å². The van der Waals surface area contributed by atoms with Crippen LogP contribution >= 0.6 is 0 Å². The molecule has 0 radical (unpaired) electrons. The molecule has 3 rings (SSSR count). The summed E-state index contributed by atoms with van der Waals surface area (Å²) in [4.78, 5) is 11.7. The Labute approximate surface area is 114 Å². The number of nitrogens with zero attached hydrogens (tertiary/aromatic N) is 1. The fraction of sp³-hybridized carbons (Fsp3) is 0.500. The first-order valence-electron chi connectivity index (χ1n) is 7.17. The summed E-state index contributed by atoms with van der Waals surface area (Å²) in [6.07, 6.45) is 7.74. The summed E-state index contributed by atoms with van der Waals surface area (Å²) in [6, 6.07) is 9.76. The number of rotatable bonds is 4. The minimum atomic E-state index is -0.0365. The molecule has 100 valence electrons. The molecule has 1 N–H and O–H groups in total. The van der Waals surface area contributed by atoms with Gasteiger partial charge in [-0.25, -0.2) is 5.43 Å². The Morgan fingerprint density at radius 3 is 2.79 bits per heavy atom. The Morgan fingerprint density at radius 2 is 2.11 bits per heavy atom. The molecule has 1 amide bonds. The first-order chi connectivity index (χ1) is 9.31. The van der Waals surface area contributed by atoms with Crippen LogP contribution in [0, 0.1) is 17.8 Å². The van der Waals surface area contributed by atoms with Gasteiger partial charge < -0.3 is 0 Å². The summed E-state index contributed by atoms with van der Waals surface area (Å²) < 4.78 is 0. The molecule has 19 heavy (non-hydrogen) atoms. The van der Waals surface area contributed by atoms with Crippen molar-refractivity contribution in [1.29, 1.82) is 0 Å². The molecule has 0 aliphatic heterocycles. The van der Waals surface area contributed by atoms with Crippen LogP contribution in [-0.4, -0.2) is 12.1 Å². The van der Waals surface area contributed by atoms with Crippen molar-refractivity contribution in [3.8, 4) is 0 Å². The quantitative estimate of drug-likeness (QED) is 0.653. The minimum Gasteiger partial charge on any atom is -0.273 e. The molecule has 0 aromatic heterocycles. The Hall–Kier alpha value is -1.64. The first kappa shape index (κ1) is 12.4. The van der Waals surface area contributed by atoms with E-state index in [2.05, 4.69) is 10.5 Å². The van der Waals surface area contributed by atoms with Crippen LogP contribution < -0.4 is 5.43 Å². The summed E-state index contributed by atoms with van der Waals surface area (Å²) in [5.74, 6) is 2.29. The average molecular weight is 256 g/mol. The summed E-state index contributed by atoms with van der Waals surface area (Å²) in [5.41, 5.74) is 3.67. The third-order valence-electron chi connectivity index (χ3n) is 4.46. The lowest BCUT2D eigenvalue weighted by Gasteiger charge is -2.16. The van der Waals surface area contributed by atoms with Crippen LogP contribution in [0.2, 0.25) is 0 Å². The molecule has 1 aromatic carbocycles. The highest BCUT2D eigenvalue weighted by molar-refractivity contribution is 5.79. The molecule has 0 unspecified atom stereocenters. The van der Waals surface area contributed by atoms with Gasteiger partial charge in [0.15, 0.2) is 0 Å². The van der Waals surface area contributed by atoms with Crippen molar-refractivity contribution in [1.82, 2.24) is 5.43 Å². The minimum absolute atomic E-state index is 0.0365. The SMILES string of the molecule is O=C(Cc1ccccc1)N/N=C\[C@@H]1C[C@H]2CC[C@@H]1C2. The van der Waals surface area contributed by atoms with Crippen molar-refractivity contribution >= 4 is 12.1 Å². The number of fused-ring (bicyclic) bond motifs is 2. The Kier molecular flexibility index (Phi) is 3.62. The highest BCUT2D eigenvalue weighted by atomic mass is 16.2. The number of carbonyl (C=O) groups is 1. The van der Waals surface area contributed by atoms with E-state index in [1.807, 2.05) is 36.5 Å². The monoisotopic (exact) mass is 256 g/mol. The van der Waals surface area contributed by atoms with Crippen LogP contribution in [0.1, 0.15) is 31.2 Å². The van der Waals surface area contributed by atoms with Gasteiger partial charge in [-0.2, -0.15) is 5.10 Å². The van der Waals surface area contributed by atoms with Gasteiger partial charge in [0, 0.05) is 6.21 Å². The molecule has 1 aromatic rings. The molecule has 2 fully saturated rings. The number of hydrazone groups is 1. The lowest BCUT2D eigenvalue weighted by molar-refractivity contribution is -0.120. The van der Waals surface area contributed by atoms with Crippen molar-refractivity contribution in [2.24, 2.45) is 22.9 Å². The van der Waals surface area contributed by atoms with Crippen LogP contribution in [0.4, 0.5) is 0 Å². The zero-order valence-corrected chi connectivity index (χ0v) is 11.1. The smallest absolute Gasteiger partial charge is 0.244 e. The molecule has 3 nitrogen and oxygen atoms in total. The van der Waals surface area contributed by atoms with Crippen molar-refractivity contribution in [2.45, 2.75) is 32.1 Å². The fourth-order valence-corrected chi connectivity index (χ4v) is 3.50. The third kappa shape index (κ3) is 3.03. The van der Waals surface area contributed by atoms with Gasteiger partial charge in [0.05, 0.1) is 6.42 Å². The summed E-state index contributed by atoms with van der Waals surface area (Å²) in [7, 11) is 0. The number of carbonyl (C=O) groups excluding carboxylic acids is 1. The molecule has 2 aliphatic rings. The maximum Gasteiger partial charge on any atom is 0.244 e. The van der Waals surface area contributed by atoms with E-state index in [0.29, 0.717) is 12.3 Å². The second-order valence-electron chi connectivity index (χ2n) is 5.81. The van der Waals surface area contributed by atoms with E-state index in [1.165, 1.54) is 25.7 Å². The van der Waals surface area contributed by atoms with Gasteiger partial charge in [0.1, 0.15) is 0 Å². The average Bonchev–Trinajstić information content (AvgIpc) is 3.02. The molecule has 2 saturated carbocycles. The first-order valence-corrected chi connectivity index (χ1v) is 7.17. The molecule has 0 saturated heterocycles. The van der Waals surface area contributed by atoms with E-state index in [0.717, 1.165) is 17.4 Å². The summed E-state index contributed by atoms with van der Waals surface area (Å²) >= 11 is 0. The normalized spacial score (nSPS) is 28.9. The lowest BCUT2D eigenvalue weighted by atomic mass is 9.90. The van der Waals surface area contributed by atoms with Crippen molar-refractivity contribution in [3.63, 3.8) is 0 Å². The Bertz CT molecular complexity index is 469. The van der Waals surface area contributed by atoms with Crippen LogP contribution in [0.25, 0.3) is 0 Å². The molecule has 2 bridgehead atoms. The zero-order valence-electron chi connectivity index (χ0n) is 11.1. The largest absolute Gasteiger partial charge is 0.273 e. The summed E-state index contributed by atoms with van der Waals surface area (Å²) in [6.45, 7) is 0. The predicted octanol–water partition coefficient (Wildman–Crippen LogP) is 2.77. The molecular weight excluding hydrogens is 236 g/mol. The van der Waals surface area contributed by atoms with Gasteiger partial charge in [0.2, 0.25) is 5.91 Å². The number of benzene rings is 1. The molecule has 2 aliphatic carbocycles.